The van der Waals surface area contributed by atoms with Gasteiger partial charge < -0.3 is 10.1 Å². The van der Waals surface area contributed by atoms with Crippen molar-refractivity contribution in [2.24, 2.45) is 0 Å². The van der Waals surface area contributed by atoms with Gasteiger partial charge in [0.05, 0.1) is 23.8 Å². The molecule has 0 unspecified atom stereocenters. The normalized spacial score (nSPS) is 10.4. The number of amides is 1. The number of nitrogens with one attached hydrogen (secondary N) is 1. The summed E-state index contributed by atoms with van der Waals surface area (Å²) in [6.45, 7) is 1.74. The van der Waals surface area contributed by atoms with E-state index in [0.717, 1.165) is 10.6 Å². The second kappa shape index (κ2) is 7.32. The van der Waals surface area contributed by atoms with Crippen LogP contribution in [-0.2, 0) is 0 Å². The third-order valence-electron chi connectivity index (χ3n) is 3.67. The molecule has 1 N–H and O–H groups in total. The van der Waals surface area contributed by atoms with Crippen molar-refractivity contribution in [2.75, 3.05) is 12.4 Å². The van der Waals surface area contributed by atoms with Crippen LogP contribution in [0.5, 0.6) is 5.75 Å². The van der Waals surface area contributed by atoms with Gasteiger partial charge in [0, 0.05) is 5.56 Å². The average Bonchev–Trinajstić information content (AvgIpc) is 3.04. The number of nitro benzene ring substituents is 1. The van der Waals surface area contributed by atoms with Crippen molar-refractivity contribution in [2.45, 2.75) is 6.92 Å². The van der Waals surface area contributed by atoms with Gasteiger partial charge in [0.1, 0.15) is 21.3 Å². The smallest absolute Gasteiger partial charge is 0.296 e. The molecule has 132 valence electrons. The van der Waals surface area contributed by atoms with E-state index in [-0.39, 0.29) is 11.4 Å². The maximum absolute atomic E-state index is 12.6. The molecule has 3 rings (SSSR count). The summed E-state index contributed by atoms with van der Waals surface area (Å²) in [4.78, 5) is 28.1. The molecule has 8 heteroatoms. The second-order valence-corrected chi connectivity index (χ2v) is 6.39. The van der Waals surface area contributed by atoms with E-state index in [1.165, 1.54) is 30.6 Å². The van der Waals surface area contributed by atoms with Gasteiger partial charge in [0.25, 0.3) is 11.6 Å². The molecule has 0 spiro atoms. The number of aryl methyl sites for hydroxylation is 1. The number of hydrogen-bond donors (Lipinski definition) is 1. The van der Waals surface area contributed by atoms with Crippen LogP contribution in [0.3, 0.4) is 0 Å². The largest absolute Gasteiger partial charge is 0.496 e. The van der Waals surface area contributed by atoms with Crippen LogP contribution in [0.1, 0.15) is 15.4 Å². The highest BCUT2D eigenvalue weighted by Crippen LogP contribution is 2.32. The van der Waals surface area contributed by atoms with E-state index < -0.39 is 10.8 Å². The Morgan fingerprint density at radius 3 is 2.62 bits per heavy atom. The van der Waals surface area contributed by atoms with Gasteiger partial charge >= 0.3 is 0 Å². The summed E-state index contributed by atoms with van der Waals surface area (Å²) in [5, 5.41) is 14.6. The number of benzene rings is 2. The first-order valence-electron chi connectivity index (χ1n) is 7.66. The van der Waals surface area contributed by atoms with E-state index >= 15 is 0 Å². The molecule has 0 fully saturated rings. The van der Waals surface area contributed by atoms with Gasteiger partial charge in [0.2, 0.25) is 0 Å². The minimum atomic E-state index is -0.562. The summed E-state index contributed by atoms with van der Waals surface area (Å²) >= 11 is 1.24. The first-order valence-corrected chi connectivity index (χ1v) is 8.48. The summed E-state index contributed by atoms with van der Waals surface area (Å²) in [6.07, 6.45) is 0. The quantitative estimate of drug-likeness (QED) is 0.535. The van der Waals surface area contributed by atoms with Crippen LogP contribution in [0.2, 0.25) is 0 Å². The summed E-state index contributed by atoms with van der Waals surface area (Å²) < 4.78 is 5.00. The van der Waals surface area contributed by atoms with Crippen molar-refractivity contribution >= 4 is 28.6 Å². The van der Waals surface area contributed by atoms with Crippen molar-refractivity contribution in [1.29, 1.82) is 0 Å². The van der Waals surface area contributed by atoms with E-state index in [2.05, 4.69) is 10.3 Å². The Labute approximate surface area is 153 Å². The maximum atomic E-state index is 12.6. The van der Waals surface area contributed by atoms with E-state index in [9.17, 15) is 14.9 Å². The van der Waals surface area contributed by atoms with Crippen molar-refractivity contribution in [1.82, 2.24) is 4.98 Å². The lowest BCUT2D eigenvalue weighted by Crippen LogP contribution is -2.13. The Morgan fingerprint density at radius 1 is 1.23 bits per heavy atom. The van der Waals surface area contributed by atoms with Crippen molar-refractivity contribution in [3.63, 3.8) is 0 Å². The molecule has 2 aromatic carbocycles. The Morgan fingerprint density at radius 2 is 1.96 bits per heavy atom. The average molecular weight is 369 g/mol. The van der Waals surface area contributed by atoms with Crippen LogP contribution in [0.25, 0.3) is 10.6 Å². The molecular formula is C18H15N3O4S. The van der Waals surface area contributed by atoms with Crippen molar-refractivity contribution < 1.29 is 14.5 Å². The molecule has 0 saturated heterocycles. The Bertz CT molecular complexity index is 970. The van der Waals surface area contributed by atoms with Crippen molar-refractivity contribution in [3.8, 4) is 16.3 Å². The fourth-order valence-electron chi connectivity index (χ4n) is 2.39. The van der Waals surface area contributed by atoms with Gasteiger partial charge in [-0.05, 0) is 19.1 Å². The van der Waals surface area contributed by atoms with E-state index in [1.54, 1.807) is 13.0 Å². The number of aromatic nitrogens is 1. The van der Waals surface area contributed by atoms with Gasteiger partial charge in [-0.1, -0.05) is 30.3 Å². The Kier molecular flexibility index (Phi) is 4.94. The molecule has 0 bridgehead atoms. The molecular weight excluding hydrogens is 354 g/mol. The number of anilines is 1. The lowest BCUT2D eigenvalue weighted by molar-refractivity contribution is -0.384. The number of rotatable bonds is 5. The molecule has 0 saturated carbocycles. The van der Waals surface area contributed by atoms with Gasteiger partial charge in [-0.25, -0.2) is 4.98 Å². The number of methoxy groups -OCH3 is 1. The minimum absolute atomic E-state index is 0.106. The Hall–Kier alpha value is -3.26. The molecule has 7 nitrogen and oxygen atoms in total. The predicted octanol–water partition coefficient (Wildman–Crippen LogP) is 4.29. The molecule has 0 aliphatic carbocycles. The highest BCUT2D eigenvalue weighted by molar-refractivity contribution is 7.17. The summed E-state index contributed by atoms with van der Waals surface area (Å²) in [7, 11) is 1.42. The summed E-state index contributed by atoms with van der Waals surface area (Å²) in [5.74, 6) is -0.0921. The summed E-state index contributed by atoms with van der Waals surface area (Å²) in [6, 6.07) is 13.8. The van der Waals surface area contributed by atoms with Crippen LogP contribution in [0, 0.1) is 17.0 Å². The first-order chi connectivity index (χ1) is 12.5. The van der Waals surface area contributed by atoms with Crippen LogP contribution >= 0.6 is 11.3 Å². The number of nitrogens with zero attached hydrogens (tertiary/aromatic N) is 2. The van der Waals surface area contributed by atoms with Crippen LogP contribution in [0.4, 0.5) is 11.4 Å². The topological polar surface area (TPSA) is 94.4 Å². The number of hydrogen-bond acceptors (Lipinski definition) is 6. The number of thiazole rings is 1. The van der Waals surface area contributed by atoms with Gasteiger partial charge in [-0.2, -0.15) is 0 Å². The second-order valence-electron chi connectivity index (χ2n) is 5.39. The fourth-order valence-corrected chi connectivity index (χ4v) is 3.35. The molecule has 3 aromatic rings. The van der Waals surface area contributed by atoms with E-state index in [4.69, 9.17) is 4.74 Å². The molecule has 1 heterocycles. The minimum Gasteiger partial charge on any atom is -0.496 e. The molecule has 1 amide bonds. The maximum Gasteiger partial charge on any atom is 0.296 e. The summed E-state index contributed by atoms with van der Waals surface area (Å²) in [5.41, 5.74) is 1.36. The zero-order valence-electron chi connectivity index (χ0n) is 14.1. The Balaban J connectivity index is 1.90. The molecule has 26 heavy (non-hydrogen) atoms. The third kappa shape index (κ3) is 3.55. The van der Waals surface area contributed by atoms with Crippen LogP contribution in [-0.4, -0.2) is 22.9 Å². The standard InChI is InChI=1S/C18H15N3O4S/c1-11-16(26-18(19-11)12-6-4-3-5-7-12)17(22)20-14-9-8-13(25-2)10-15(14)21(23)24/h3-10H,1-2H3,(H,20,22). The lowest BCUT2D eigenvalue weighted by atomic mass is 10.2. The number of nitro groups is 1. The molecule has 0 aliphatic rings. The fraction of sp³-hybridized carbons (Fsp3) is 0.111. The predicted molar refractivity (Wildman–Crippen MR) is 99.9 cm³/mol. The number of carbonyl (C=O) groups excluding carboxylic acids is 1. The SMILES string of the molecule is COc1ccc(NC(=O)c2sc(-c3ccccc3)nc2C)c([N+](=O)[O-])c1. The third-order valence-corrected chi connectivity index (χ3v) is 4.88. The van der Waals surface area contributed by atoms with Gasteiger partial charge in [-0.15, -0.1) is 11.3 Å². The first kappa shape index (κ1) is 17.6. The van der Waals surface area contributed by atoms with Crippen molar-refractivity contribution in [3.05, 3.63) is 69.2 Å². The van der Waals surface area contributed by atoms with Gasteiger partial charge in [-0.3, -0.25) is 14.9 Å². The zero-order valence-corrected chi connectivity index (χ0v) is 14.9. The van der Waals surface area contributed by atoms with E-state index in [1.807, 2.05) is 30.3 Å². The van der Waals surface area contributed by atoms with Crippen LogP contribution in [0.15, 0.2) is 48.5 Å². The highest BCUT2D eigenvalue weighted by atomic mass is 32.1. The molecule has 0 aliphatic heterocycles. The molecule has 0 radical (unpaired) electrons. The molecule has 0 atom stereocenters. The molecule has 1 aromatic heterocycles. The lowest BCUT2D eigenvalue weighted by Gasteiger charge is -2.06. The number of ether oxygens (including phenoxy) is 1. The highest BCUT2D eigenvalue weighted by Gasteiger charge is 2.21. The zero-order chi connectivity index (χ0) is 18.7. The van der Waals surface area contributed by atoms with Gasteiger partial charge in [0.15, 0.2) is 0 Å². The van der Waals surface area contributed by atoms with E-state index in [0.29, 0.717) is 16.3 Å². The van der Waals surface area contributed by atoms with Crippen LogP contribution < -0.4 is 10.1 Å². The number of carbonyl (C=O) groups is 1. The monoisotopic (exact) mass is 369 g/mol.